The summed E-state index contributed by atoms with van der Waals surface area (Å²) >= 11 is 1.89. The van der Waals surface area contributed by atoms with Crippen molar-refractivity contribution in [3.8, 4) is 5.69 Å². The highest BCUT2D eigenvalue weighted by Crippen LogP contribution is 2.52. The van der Waals surface area contributed by atoms with Gasteiger partial charge in [0.1, 0.15) is 0 Å². The quantitative estimate of drug-likeness (QED) is 0.167. The molecule has 2 aromatic heterocycles. The van der Waals surface area contributed by atoms with Crippen LogP contribution in [0, 0.1) is 0 Å². The Morgan fingerprint density at radius 2 is 1.26 bits per heavy atom. The summed E-state index contributed by atoms with van der Waals surface area (Å²) in [6, 6.07) is 60.7. The smallest absolute Gasteiger partial charge is 0.0566 e. The highest BCUT2D eigenvalue weighted by atomic mass is 32.1. The Kier molecular flexibility index (Phi) is 6.08. The summed E-state index contributed by atoms with van der Waals surface area (Å²) in [7, 11) is 0. The summed E-state index contributed by atoms with van der Waals surface area (Å²) in [5.41, 5.74) is 11.5. The lowest BCUT2D eigenvalue weighted by molar-refractivity contribution is 0.793. The molecule has 0 aliphatic heterocycles. The third kappa shape index (κ3) is 4.14. The maximum atomic E-state index is 2.64. The summed E-state index contributed by atoms with van der Waals surface area (Å²) in [5, 5.41) is 10.5. The van der Waals surface area contributed by atoms with Crippen molar-refractivity contribution in [1.29, 1.82) is 0 Å². The maximum absolute atomic E-state index is 2.64. The number of nitrogens with zero attached hydrogens (tertiary/aromatic N) is 2. The summed E-state index contributed by atoms with van der Waals surface area (Å²) in [5.74, 6) is 0. The molecular formula is C50H32N2S. The van der Waals surface area contributed by atoms with Crippen molar-refractivity contribution in [3.63, 3.8) is 0 Å². The van der Waals surface area contributed by atoms with Crippen LogP contribution in [-0.4, -0.2) is 10.6 Å². The number of allylic oxidation sites excluding steroid dienone is 2. The van der Waals surface area contributed by atoms with Gasteiger partial charge >= 0.3 is 0 Å². The summed E-state index contributed by atoms with van der Waals surface area (Å²) in [6.07, 6.45) is 6.00. The van der Waals surface area contributed by atoms with E-state index in [1.165, 1.54) is 103 Å². The first-order valence-electron chi connectivity index (χ1n) is 18.5. The van der Waals surface area contributed by atoms with Gasteiger partial charge in [-0.15, -0.1) is 11.3 Å². The summed E-state index contributed by atoms with van der Waals surface area (Å²) < 4.78 is 5.05. The Bertz CT molecular complexity index is 3210. The van der Waals surface area contributed by atoms with Gasteiger partial charge in [0.05, 0.1) is 22.8 Å². The minimum absolute atomic E-state index is 0.105. The number of hydrogen-bond acceptors (Lipinski definition) is 2. The molecule has 0 saturated heterocycles. The van der Waals surface area contributed by atoms with Gasteiger partial charge in [-0.1, -0.05) is 115 Å². The molecule has 0 amide bonds. The topological polar surface area (TPSA) is 8.17 Å². The van der Waals surface area contributed by atoms with Crippen molar-refractivity contribution in [2.24, 2.45) is 0 Å². The fourth-order valence-electron chi connectivity index (χ4n) is 9.41. The van der Waals surface area contributed by atoms with Gasteiger partial charge in [0.25, 0.3) is 0 Å². The predicted molar refractivity (Wildman–Crippen MR) is 228 cm³/mol. The molecule has 2 aliphatic rings. The Balaban J connectivity index is 1.11. The Morgan fingerprint density at radius 3 is 2.19 bits per heavy atom. The van der Waals surface area contributed by atoms with Crippen molar-refractivity contribution in [2.45, 2.75) is 12.5 Å². The van der Waals surface area contributed by atoms with Gasteiger partial charge in [0, 0.05) is 42.3 Å². The van der Waals surface area contributed by atoms with E-state index >= 15 is 0 Å². The second-order valence-electron chi connectivity index (χ2n) is 14.4. The lowest BCUT2D eigenvalue weighted by Gasteiger charge is -2.35. The number of fused-ring (bicyclic) bond motifs is 11. The fourth-order valence-corrected chi connectivity index (χ4v) is 10.5. The zero-order valence-corrected chi connectivity index (χ0v) is 29.6. The van der Waals surface area contributed by atoms with Gasteiger partial charge < -0.3 is 9.47 Å². The molecule has 10 aromatic rings. The number of benzene rings is 8. The number of para-hydroxylation sites is 2. The van der Waals surface area contributed by atoms with Crippen LogP contribution in [0.15, 0.2) is 176 Å². The third-order valence-corrected chi connectivity index (χ3v) is 12.7. The molecule has 1 atom stereocenters. The van der Waals surface area contributed by atoms with Crippen LogP contribution in [0.5, 0.6) is 0 Å². The van der Waals surface area contributed by atoms with Crippen LogP contribution in [0.2, 0.25) is 0 Å². The number of aromatic nitrogens is 1. The molecule has 0 saturated carbocycles. The molecule has 2 heterocycles. The molecule has 0 radical (unpaired) electrons. The Hall–Kier alpha value is -6.42. The van der Waals surface area contributed by atoms with E-state index in [9.17, 15) is 0 Å². The lowest BCUT2D eigenvalue weighted by Crippen LogP contribution is -2.30. The third-order valence-electron chi connectivity index (χ3n) is 11.6. The second kappa shape index (κ2) is 11.0. The average molecular weight is 693 g/mol. The van der Waals surface area contributed by atoms with Crippen LogP contribution in [0.25, 0.3) is 80.4 Å². The van der Waals surface area contributed by atoms with Crippen LogP contribution >= 0.6 is 11.3 Å². The van der Waals surface area contributed by atoms with E-state index in [1.807, 2.05) is 11.3 Å². The molecule has 2 nitrogen and oxygen atoms in total. The Labute approximate surface area is 310 Å². The van der Waals surface area contributed by atoms with E-state index in [2.05, 4.69) is 185 Å². The van der Waals surface area contributed by atoms with E-state index in [-0.39, 0.29) is 6.04 Å². The molecule has 1 unspecified atom stereocenters. The monoisotopic (exact) mass is 692 g/mol. The van der Waals surface area contributed by atoms with Crippen LogP contribution in [-0.2, 0) is 0 Å². The minimum atomic E-state index is 0.105. The largest absolute Gasteiger partial charge is 0.334 e. The van der Waals surface area contributed by atoms with Crippen molar-refractivity contribution >= 4 is 97.4 Å². The highest BCUT2D eigenvalue weighted by Gasteiger charge is 2.32. The maximum Gasteiger partial charge on any atom is 0.0566 e. The van der Waals surface area contributed by atoms with E-state index in [0.717, 1.165) is 6.42 Å². The number of thiophene rings is 1. The van der Waals surface area contributed by atoms with Crippen LogP contribution in [0.3, 0.4) is 0 Å². The first kappa shape index (κ1) is 29.2. The fraction of sp³-hybridized carbons (Fsp3) is 0.0400. The molecule has 248 valence electrons. The predicted octanol–water partition coefficient (Wildman–Crippen LogP) is 13.8. The molecule has 0 N–H and O–H groups in total. The summed E-state index contributed by atoms with van der Waals surface area (Å²) in [4.78, 5) is 2.64. The van der Waals surface area contributed by atoms with E-state index in [4.69, 9.17) is 0 Å². The van der Waals surface area contributed by atoms with Gasteiger partial charge in [0.2, 0.25) is 0 Å². The lowest BCUT2D eigenvalue weighted by atomic mass is 9.90. The molecular weight excluding hydrogens is 661 g/mol. The van der Waals surface area contributed by atoms with Crippen LogP contribution < -0.4 is 4.90 Å². The van der Waals surface area contributed by atoms with Crippen molar-refractivity contribution < 1.29 is 0 Å². The molecule has 0 bridgehead atoms. The first-order chi connectivity index (χ1) is 26.3. The van der Waals surface area contributed by atoms with E-state index in [1.54, 1.807) is 0 Å². The van der Waals surface area contributed by atoms with Crippen molar-refractivity contribution in [3.05, 3.63) is 187 Å². The van der Waals surface area contributed by atoms with Gasteiger partial charge in [-0.25, -0.2) is 0 Å². The number of anilines is 2. The van der Waals surface area contributed by atoms with Crippen molar-refractivity contribution in [2.75, 3.05) is 4.90 Å². The molecule has 2 aliphatic carbocycles. The highest BCUT2D eigenvalue weighted by molar-refractivity contribution is 7.26. The minimum Gasteiger partial charge on any atom is -0.334 e. The van der Waals surface area contributed by atoms with Crippen LogP contribution in [0.4, 0.5) is 11.4 Å². The molecule has 0 fully saturated rings. The SMILES string of the molecule is C1=C2C(=CCC1N(c1ccc3c(c1)c1ccccc1n3-c1ccccc1)c1cccc3sc4ccccc4c13)c1c3ccccc3cc3cccc2c13. The van der Waals surface area contributed by atoms with Crippen molar-refractivity contribution in [1.82, 2.24) is 4.57 Å². The summed E-state index contributed by atoms with van der Waals surface area (Å²) in [6.45, 7) is 0. The number of rotatable bonds is 4. The zero-order valence-electron chi connectivity index (χ0n) is 28.8. The van der Waals surface area contributed by atoms with Crippen LogP contribution in [0.1, 0.15) is 17.5 Å². The van der Waals surface area contributed by atoms with Gasteiger partial charge in [-0.2, -0.15) is 0 Å². The molecule has 53 heavy (non-hydrogen) atoms. The van der Waals surface area contributed by atoms with Gasteiger partial charge in [0.15, 0.2) is 0 Å². The molecule has 3 heteroatoms. The molecule has 8 aromatic carbocycles. The average Bonchev–Trinajstić information content (AvgIpc) is 3.87. The number of hydrogen-bond donors (Lipinski definition) is 0. The molecule has 12 rings (SSSR count). The first-order valence-corrected chi connectivity index (χ1v) is 19.3. The second-order valence-corrected chi connectivity index (χ2v) is 15.5. The van der Waals surface area contributed by atoms with Gasteiger partial charge in [-0.05, 0) is 111 Å². The molecule has 0 spiro atoms. The standard InChI is InChI=1S/C50H32N2S/c1-2-14-33(15-3-1)52-43-20-8-6-17-37(43)42-30-35(25-27-44(42)52)51(45-21-11-23-47-50(45)40-18-7-9-22-46(40)53-47)34-24-26-39-41(29-34)38-19-10-13-32-28-31-12-4-5-16-36(31)49(39)48(32)38/h1-23,25-30,34H,24H2. The van der Waals surface area contributed by atoms with E-state index < -0.39 is 0 Å². The van der Waals surface area contributed by atoms with E-state index in [0.29, 0.717) is 0 Å². The normalized spacial score (nSPS) is 15.1. The Morgan fingerprint density at radius 1 is 0.528 bits per heavy atom. The van der Waals surface area contributed by atoms with Gasteiger partial charge in [-0.3, -0.25) is 0 Å². The zero-order chi connectivity index (χ0) is 34.6.